The van der Waals surface area contributed by atoms with Gasteiger partial charge in [0, 0.05) is 30.2 Å². The first kappa shape index (κ1) is 19.0. The molecule has 2 aromatic rings. The highest BCUT2D eigenvalue weighted by Crippen LogP contribution is 2.65. The topological polar surface area (TPSA) is 75.3 Å². The Hall–Kier alpha value is -2.70. The minimum atomic E-state index is -0.340. The second kappa shape index (κ2) is 7.18. The predicted octanol–water partition coefficient (Wildman–Crippen LogP) is 3.27. The Morgan fingerprint density at radius 3 is 3.00 bits per heavy atom. The van der Waals surface area contributed by atoms with Crippen LogP contribution in [-0.4, -0.2) is 30.1 Å². The van der Waals surface area contributed by atoms with Crippen LogP contribution in [0.4, 0.5) is 5.69 Å². The van der Waals surface area contributed by atoms with Gasteiger partial charge in [0.15, 0.2) is 0 Å². The molecule has 160 valence electrons. The maximum Gasteiger partial charge on any atom is 0.235 e. The van der Waals surface area contributed by atoms with Crippen LogP contribution in [0.3, 0.4) is 0 Å². The molecule has 3 N–H and O–H groups in total. The summed E-state index contributed by atoms with van der Waals surface area (Å²) in [6, 6.07) is 10.8. The van der Waals surface area contributed by atoms with Gasteiger partial charge in [0.2, 0.25) is 5.91 Å². The predicted molar refractivity (Wildman–Crippen MR) is 119 cm³/mol. The smallest absolute Gasteiger partial charge is 0.235 e. The second-order valence-corrected chi connectivity index (χ2v) is 9.45. The highest BCUT2D eigenvalue weighted by atomic mass is 16.5. The Kier molecular flexibility index (Phi) is 4.40. The van der Waals surface area contributed by atoms with Gasteiger partial charge in [-0.05, 0) is 78.8 Å². The number of hydrazine groups is 1. The lowest BCUT2D eigenvalue weighted by molar-refractivity contribution is -0.118. The number of fused-ring (bicyclic) bond motifs is 3. The molecule has 4 unspecified atom stereocenters. The molecule has 3 heterocycles. The van der Waals surface area contributed by atoms with Crippen molar-refractivity contribution in [3.8, 4) is 5.75 Å². The summed E-state index contributed by atoms with van der Waals surface area (Å²) in [5, 5.41) is 3.12. The quantitative estimate of drug-likeness (QED) is 0.713. The van der Waals surface area contributed by atoms with Crippen molar-refractivity contribution in [2.24, 2.45) is 17.8 Å². The number of carbonyl (C=O) groups is 1. The van der Waals surface area contributed by atoms with Crippen molar-refractivity contribution in [2.75, 3.05) is 12.4 Å². The zero-order valence-corrected chi connectivity index (χ0v) is 17.7. The highest BCUT2D eigenvalue weighted by molar-refractivity contribution is 6.09. The van der Waals surface area contributed by atoms with Crippen LogP contribution >= 0.6 is 0 Å². The van der Waals surface area contributed by atoms with E-state index >= 15 is 0 Å². The van der Waals surface area contributed by atoms with Crippen molar-refractivity contribution in [3.05, 3.63) is 59.9 Å². The number of aromatic nitrogens is 1. The zero-order valence-electron chi connectivity index (χ0n) is 17.7. The molecule has 2 aliphatic carbocycles. The van der Waals surface area contributed by atoms with Crippen molar-refractivity contribution >= 4 is 17.7 Å². The SMILES string of the molecule is COc1ccc2c(c1)[C@]1(C[C@H]1C1CCC3C(/C=C/c4cccnc4)NNC3C1)C(=O)N2. The fourth-order valence-electron chi connectivity index (χ4n) is 6.29. The first-order valence-electron chi connectivity index (χ1n) is 11.3. The van der Waals surface area contributed by atoms with Gasteiger partial charge in [0.1, 0.15) is 5.75 Å². The Balaban J connectivity index is 1.16. The van der Waals surface area contributed by atoms with Crippen LogP contribution in [0.2, 0.25) is 0 Å². The third-order valence-electron chi connectivity index (χ3n) is 7.97. The standard InChI is InChI=1S/C25H28N4O2/c1-31-17-6-9-22-19(12-17)25(24(30)27-22)13-20(25)16-5-7-18-21(28-29-23(18)11-16)8-4-15-3-2-10-26-14-15/h2-4,6,8-10,12,14,16,18,20-21,23,28-29H,5,7,11,13H2,1H3,(H,27,30)/b8-4+/t16?,18?,20-,21?,23?,25-/m0/s1. The number of rotatable bonds is 4. The summed E-state index contributed by atoms with van der Waals surface area (Å²) in [4.78, 5) is 17.2. The molecule has 6 rings (SSSR count). The van der Waals surface area contributed by atoms with E-state index in [2.05, 4.69) is 45.4 Å². The van der Waals surface area contributed by atoms with Gasteiger partial charge >= 0.3 is 0 Å². The van der Waals surface area contributed by atoms with Crippen LogP contribution in [0.1, 0.15) is 36.8 Å². The number of ether oxygens (including phenoxy) is 1. The number of pyridine rings is 1. The lowest BCUT2D eigenvalue weighted by atomic mass is 9.73. The molecule has 2 saturated carbocycles. The Labute approximate surface area is 182 Å². The van der Waals surface area contributed by atoms with Gasteiger partial charge in [-0.15, -0.1) is 0 Å². The Morgan fingerprint density at radius 2 is 2.16 bits per heavy atom. The number of methoxy groups -OCH3 is 1. The molecular formula is C25H28N4O2. The van der Waals surface area contributed by atoms with E-state index in [9.17, 15) is 4.79 Å². The summed E-state index contributed by atoms with van der Waals surface area (Å²) in [5.41, 5.74) is 9.93. The minimum Gasteiger partial charge on any atom is -0.497 e. The molecular weight excluding hydrogens is 388 g/mol. The Morgan fingerprint density at radius 1 is 1.23 bits per heavy atom. The number of anilines is 1. The molecule has 1 aromatic heterocycles. The monoisotopic (exact) mass is 416 g/mol. The number of carbonyl (C=O) groups excluding carboxylic acids is 1. The molecule has 1 aromatic carbocycles. The van der Waals surface area contributed by atoms with Crippen LogP contribution < -0.4 is 20.9 Å². The molecule has 0 radical (unpaired) electrons. The van der Waals surface area contributed by atoms with Gasteiger partial charge in [-0.1, -0.05) is 18.2 Å². The van der Waals surface area contributed by atoms with E-state index < -0.39 is 0 Å². The van der Waals surface area contributed by atoms with Crippen LogP contribution in [0.15, 0.2) is 48.8 Å². The largest absolute Gasteiger partial charge is 0.497 e. The maximum atomic E-state index is 13.0. The van der Waals surface area contributed by atoms with Crippen molar-refractivity contribution in [1.29, 1.82) is 0 Å². The van der Waals surface area contributed by atoms with Crippen molar-refractivity contribution in [1.82, 2.24) is 15.8 Å². The number of hydrogen-bond donors (Lipinski definition) is 3. The summed E-state index contributed by atoms with van der Waals surface area (Å²) in [5.74, 6) is 2.59. The molecule has 1 spiro atoms. The lowest BCUT2D eigenvalue weighted by Crippen LogP contribution is -2.37. The van der Waals surface area contributed by atoms with Crippen molar-refractivity contribution in [2.45, 2.75) is 43.2 Å². The molecule has 6 heteroatoms. The first-order chi connectivity index (χ1) is 15.2. The number of hydrogen-bond acceptors (Lipinski definition) is 5. The Bertz CT molecular complexity index is 1040. The van der Waals surface area contributed by atoms with Crippen LogP contribution in [0, 0.1) is 17.8 Å². The third kappa shape index (κ3) is 3.00. The normalized spacial score (nSPS) is 35.8. The fourth-order valence-corrected chi connectivity index (χ4v) is 6.29. The lowest BCUT2D eigenvalue weighted by Gasteiger charge is -2.33. The van der Waals surface area contributed by atoms with Gasteiger partial charge in [-0.2, -0.15) is 0 Å². The van der Waals surface area contributed by atoms with E-state index in [-0.39, 0.29) is 11.3 Å². The van der Waals surface area contributed by atoms with Gasteiger partial charge in [-0.25, -0.2) is 0 Å². The first-order valence-corrected chi connectivity index (χ1v) is 11.3. The summed E-state index contributed by atoms with van der Waals surface area (Å²) < 4.78 is 5.43. The number of amides is 1. The van der Waals surface area contributed by atoms with Gasteiger partial charge in [-0.3, -0.25) is 20.6 Å². The van der Waals surface area contributed by atoms with Gasteiger partial charge in [0.25, 0.3) is 0 Å². The average Bonchev–Trinajstić information content (AvgIpc) is 3.35. The number of nitrogens with one attached hydrogen (secondary N) is 3. The van der Waals surface area contributed by atoms with Gasteiger partial charge in [0.05, 0.1) is 12.5 Å². The van der Waals surface area contributed by atoms with E-state index in [0.717, 1.165) is 35.4 Å². The molecule has 6 nitrogen and oxygen atoms in total. The highest BCUT2D eigenvalue weighted by Gasteiger charge is 2.67. The summed E-state index contributed by atoms with van der Waals surface area (Å²) in [6.45, 7) is 0. The van der Waals surface area contributed by atoms with E-state index in [1.165, 1.54) is 12.8 Å². The molecule has 6 atom stereocenters. The van der Waals surface area contributed by atoms with Crippen LogP contribution in [0.25, 0.3) is 6.08 Å². The molecule has 31 heavy (non-hydrogen) atoms. The minimum absolute atomic E-state index is 0.178. The maximum absolute atomic E-state index is 13.0. The van der Waals surface area contributed by atoms with Crippen LogP contribution in [0.5, 0.6) is 5.75 Å². The van der Waals surface area contributed by atoms with E-state index in [1.54, 1.807) is 13.3 Å². The van der Waals surface area contributed by atoms with Crippen molar-refractivity contribution in [3.63, 3.8) is 0 Å². The fraction of sp³-hybridized carbons (Fsp3) is 0.440. The second-order valence-electron chi connectivity index (χ2n) is 9.45. The van der Waals surface area contributed by atoms with E-state index in [0.29, 0.717) is 29.8 Å². The van der Waals surface area contributed by atoms with Crippen molar-refractivity contribution < 1.29 is 9.53 Å². The summed E-state index contributed by atoms with van der Waals surface area (Å²) in [6.07, 6.45) is 12.5. The average molecular weight is 417 g/mol. The van der Waals surface area contributed by atoms with Gasteiger partial charge < -0.3 is 10.1 Å². The molecule has 0 bridgehead atoms. The van der Waals surface area contributed by atoms with E-state index in [4.69, 9.17) is 4.74 Å². The molecule has 1 saturated heterocycles. The number of nitrogens with zero attached hydrogens (tertiary/aromatic N) is 1. The van der Waals surface area contributed by atoms with Crippen LogP contribution in [-0.2, 0) is 10.2 Å². The molecule has 2 aliphatic heterocycles. The third-order valence-corrected chi connectivity index (χ3v) is 7.97. The molecule has 3 fully saturated rings. The van der Waals surface area contributed by atoms with E-state index in [1.807, 2.05) is 24.4 Å². The zero-order chi connectivity index (χ0) is 21.0. The summed E-state index contributed by atoms with van der Waals surface area (Å²) >= 11 is 0. The molecule has 4 aliphatic rings. The number of benzene rings is 1. The molecule has 1 amide bonds. The summed E-state index contributed by atoms with van der Waals surface area (Å²) in [7, 11) is 1.68.